The van der Waals surface area contributed by atoms with Crippen LogP contribution in [0.25, 0.3) is 6.08 Å². The molecule has 0 radical (unpaired) electrons. The Labute approximate surface area is 146 Å². The Balaban J connectivity index is 1.87. The van der Waals surface area contributed by atoms with Gasteiger partial charge in [0.15, 0.2) is 11.5 Å². The molecule has 0 amide bonds. The quantitative estimate of drug-likeness (QED) is 0.473. The average Bonchev–Trinajstić information content (AvgIpc) is 3.03. The summed E-state index contributed by atoms with van der Waals surface area (Å²) in [5, 5.41) is 0. The number of rotatable bonds is 4. The van der Waals surface area contributed by atoms with E-state index in [2.05, 4.69) is 0 Å². The predicted octanol–water partition coefficient (Wildman–Crippen LogP) is 3.24. The zero-order valence-electron chi connectivity index (χ0n) is 14.7. The molecule has 2 aliphatic rings. The van der Waals surface area contributed by atoms with Crippen molar-refractivity contribution in [2.75, 3.05) is 7.11 Å². The van der Waals surface area contributed by atoms with Gasteiger partial charge in [0, 0.05) is 13.8 Å². The minimum Gasteiger partial charge on any atom is -0.493 e. The molecule has 1 aliphatic heterocycles. The Morgan fingerprint density at radius 1 is 1.08 bits per heavy atom. The van der Waals surface area contributed by atoms with E-state index in [4.69, 9.17) is 18.9 Å². The van der Waals surface area contributed by atoms with E-state index >= 15 is 0 Å². The molecule has 1 aliphatic carbocycles. The largest absolute Gasteiger partial charge is 0.493 e. The maximum atomic E-state index is 12.1. The van der Waals surface area contributed by atoms with Gasteiger partial charge in [-0.2, -0.15) is 0 Å². The summed E-state index contributed by atoms with van der Waals surface area (Å²) in [4.78, 5) is 24.1. The van der Waals surface area contributed by atoms with Crippen LogP contribution in [0.2, 0.25) is 0 Å². The van der Waals surface area contributed by atoms with Gasteiger partial charge < -0.3 is 18.9 Å². The van der Waals surface area contributed by atoms with E-state index in [0.717, 1.165) is 25.7 Å². The third kappa shape index (κ3) is 3.95. The van der Waals surface area contributed by atoms with E-state index in [9.17, 15) is 9.59 Å². The van der Waals surface area contributed by atoms with Crippen molar-refractivity contribution in [2.24, 2.45) is 0 Å². The topological polar surface area (TPSA) is 71.1 Å². The van der Waals surface area contributed by atoms with Crippen molar-refractivity contribution < 1.29 is 28.5 Å². The standard InChI is InChI=1S/C19H22O6/c1-19(2)24-17(20)14(18(21)25-19)10-12-8-9-15(22-3)16(11-12)23-13-6-4-5-7-13/h8-11,13H,4-7H2,1-3H3. The number of cyclic esters (lactones) is 2. The van der Waals surface area contributed by atoms with Crippen molar-refractivity contribution >= 4 is 18.0 Å². The van der Waals surface area contributed by atoms with Crippen molar-refractivity contribution in [1.82, 2.24) is 0 Å². The van der Waals surface area contributed by atoms with E-state index in [1.165, 1.54) is 19.9 Å². The third-order valence-electron chi connectivity index (χ3n) is 4.21. The highest BCUT2D eigenvalue weighted by Gasteiger charge is 2.38. The van der Waals surface area contributed by atoms with E-state index < -0.39 is 17.7 Å². The van der Waals surface area contributed by atoms with Crippen LogP contribution < -0.4 is 9.47 Å². The summed E-state index contributed by atoms with van der Waals surface area (Å²) in [5.41, 5.74) is 0.494. The van der Waals surface area contributed by atoms with Crippen LogP contribution in [0.1, 0.15) is 45.1 Å². The molecule has 0 spiro atoms. The second kappa shape index (κ2) is 6.78. The summed E-state index contributed by atoms with van der Waals surface area (Å²) in [6.07, 6.45) is 5.96. The van der Waals surface area contributed by atoms with Crippen LogP contribution in [0.3, 0.4) is 0 Å². The molecule has 0 N–H and O–H groups in total. The number of ether oxygens (including phenoxy) is 4. The Bertz CT molecular complexity index is 691. The molecule has 0 bridgehead atoms. The SMILES string of the molecule is COc1ccc(C=C2C(=O)OC(C)(C)OC2=O)cc1OC1CCCC1. The molecule has 25 heavy (non-hydrogen) atoms. The Kier molecular flexibility index (Phi) is 4.70. The molecule has 0 unspecified atom stereocenters. The monoisotopic (exact) mass is 346 g/mol. The molecular weight excluding hydrogens is 324 g/mol. The summed E-state index contributed by atoms with van der Waals surface area (Å²) in [6, 6.07) is 5.25. The van der Waals surface area contributed by atoms with Crippen LogP contribution in [0.15, 0.2) is 23.8 Å². The maximum absolute atomic E-state index is 12.1. The summed E-state index contributed by atoms with van der Waals surface area (Å²) in [5.74, 6) is -1.43. The molecule has 1 heterocycles. The first-order valence-corrected chi connectivity index (χ1v) is 8.41. The van der Waals surface area contributed by atoms with Crippen LogP contribution in [-0.2, 0) is 19.1 Å². The first-order chi connectivity index (χ1) is 11.9. The second-order valence-electron chi connectivity index (χ2n) is 6.67. The van der Waals surface area contributed by atoms with Gasteiger partial charge >= 0.3 is 11.9 Å². The normalized spacial score (nSPS) is 20.0. The lowest BCUT2D eigenvalue weighted by Gasteiger charge is -2.29. The van der Waals surface area contributed by atoms with Gasteiger partial charge in [-0.25, -0.2) is 9.59 Å². The van der Waals surface area contributed by atoms with Gasteiger partial charge in [-0.1, -0.05) is 6.07 Å². The van der Waals surface area contributed by atoms with E-state index in [1.807, 2.05) is 0 Å². The molecular formula is C19H22O6. The molecule has 1 aromatic carbocycles. The van der Waals surface area contributed by atoms with Crippen molar-refractivity contribution in [3.63, 3.8) is 0 Å². The number of hydrogen-bond acceptors (Lipinski definition) is 6. The van der Waals surface area contributed by atoms with Crippen molar-refractivity contribution in [3.05, 3.63) is 29.3 Å². The van der Waals surface area contributed by atoms with Gasteiger partial charge in [-0.3, -0.25) is 0 Å². The number of carbonyl (C=O) groups excluding carboxylic acids is 2. The lowest BCUT2D eigenvalue weighted by Crippen LogP contribution is -2.41. The molecule has 0 aromatic heterocycles. The molecule has 1 saturated carbocycles. The molecule has 6 heteroatoms. The fraction of sp³-hybridized carbons (Fsp3) is 0.474. The zero-order chi connectivity index (χ0) is 18.0. The fourth-order valence-corrected chi connectivity index (χ4v) is 3.01. The molecule has 2 fully saturated rings. The first kappa shape index (κ1) is 17.3. The summed E-state index contributed by atoms with van der Waals surface area (Å²) >= 11 is 0. The van der Waals surface area contributed by atoms with E-state index in [0.29, 0.717) is 17.1 Å². The Hall–Kier alpha value is -2.50. The molecule has 1 aromatic rings. The molecule has 3 rings (SSSR count). The van der Waals surface area contributed by atoms with Crippen LogP contribution in [-0.4, -0.2) is 30.9 Å². The highest BCUT2D eigenvalue weighted by molar-refractivity contribution is 6.18. The Morgan fingerprint density at radius 3 is 2.32 bits per heavy atom. The van der Waals surface area contributed by atoms with Gasteiger partial charge in [0.05, 0.1) is 13.2 Å². The lowest BCUT2D eigenvalue weighted by atomic mass is 10.1. The lowest BCUT2D eigenvalue weighted by molar-refractivity contribution is -0.222. The Morgan fingerprint density at radius 2 is 1.72 bits per heavy atom. The van der Waals surface area contributed by atoms with E-state index in [-0.39, 0.29) is 11.7 Å². The summed E-state index contributed by atoms with van der Waals surface area (Å²) in [7, 11) is 1.58. The van der Waals surface area contributed by atoms with Crippen LogP contribution in [0, 0.1) is 0 Å². The number of methoxy groups -OCH3 is 1. The molecule has 134 valence electrons. The number of carbonyl (C=O) groups is 2. The minimum atomic E-state index is -1.25. The second-order valence-corrected chi connectivity index (χ2v) is 6.67. The molecule has 6 nitrogen and oxygen atoms in total. The maximum Gasteiger partial charge on any atom is 0.348 e. The molecule has 1 saturated heterocycles. The van der Waals surface area contributed by atoms with Gasteiger partial charge in [0.25, 0.3) is 5.79 Å². The summed E-state index contributed by atoms with van der Waals surface area (Å²) < 4.78 is 21.6. The highest BCUT2D eigenvalue weighted by Crippen LogP contribution is 2.33. The summed E-state index contributed by atoms with van der Waals surface area (Å²) in [6.45, 7) is 3.03. The van der Waals surface area contributed by atoms with Crippen molar-refractivity contribution in [2.45, 2.75) is 51.4 Å². The van der Waals surface area contributed by atoms with Crippen molar-refractivity contribution in [3.8, 4) is 11.5 Å². The van der Waals surface area contributed by atoms with Gasteiger partial charge in [-0.15, -0.1) is 0 Å². The van der Waals surface area contributed by atoms with Crippen molar-refractivity contribution in [1.29, 1.82) is 0 Å². The first-order valence-electron chi connectivity index (χ1n) is 8.41. The van der Waals surface area contributed by atoms with Crippen LogP contribution in [0.4, 0.5) is 0 Å². The highest BCUT2D eigenvalue weighted by atomic mass is 16.7. The average molecular weight is 346 g/mol. The van der Waals surface area contributed by atoms with Crippen LogP contribution in [0.5, 0.6) is 11.5 Å². The third-order valence-corrected chi connectivity index (χ3v) is 4.21. The smallest absolute Gasteiger partial charge is 0.348 e. The van der Waals surface area contributed by atoms with Gasteiger partial charge in [0.1, 0.15) is 5.57 Å². The predicted molar refractivity (Wildman–Crippen MR) is 90.1 cm³/mol. The van der Waals surface area contributed by atoms with E-state index in [1.54, 1.807) is 25.3 Å². The number of esters is 2. The minimum absolute atomic E-state index is 0.142. The number of benzene rings is 1. The van der Waals surface area contributed by atoms with Crippen LogP contribution >= 0.6 is 0 Å². The fourth-order valence-electron chi connectivity index (χ4n) is 3.01. The molecule has 0 atom stereocenters. The van der Waals surface area contributed by atoms with Gasteiger partial charge in [0.2, 0.25) is 0 Å². The van der Waals surface area contributed by atoms with Gasteiger partial charge in [-0.05, 0) is 49.5 Å². The number of hydrogen-bond donors (Lipinski definition) is 0. The zero-order valence-corrected chi connectivity index (χ0v) is 14.7.